The summed E-state index contributed by atoms with van der Waals surface area (Å²) < 4.78 is 12.7. The van der Waals surface area contributed by atoms with Gasteiger partial charge >= 0.3 is 6.03 Å². The number of ether oxygens (including phenoxy) is 2. The van der Waals surface area contributed by atoms with E-state index in [9.17, 15) is 4.79 Å². The van der Waals surface area contributed by atoms with Gasteiger partial charge in [0.05, 0.1) is 0 Å². The van der Waals surface area contributed by atoms with E-state index in [1.807, 2.05) is 38.1 Å². The first-order valence-corrected chi connectivity index (χ1v) is 9.27. The van der Waals surface area contributed by atoms with Crippen LogP contribution in [0.3, 0.4) is 0 Å². The molecule has 0 bridgehead atoms. The van der Waals surface area contributed by atoms with Crippen LogP contribution in [0.25, 0.3) is 5.69 Å². The Kier molecular flexibility index (Phi) is 4.88. The molecule has 0 saturated heterocycles. The predicted octanol–water partition coefficient (Wildman–Crippen LogP) is 4.80. The summed E-state index contributed by atoms with van der Waals surface area (Å²) in [5.74, 6) is 1.31. The molecule has 0 unspecified atom stereocenters. The topological polar surface area (TPSA) is 64.5 Å². The van der Waals surface area contributed by atoms with Crippen LogP contribution in [0.5, 0.6) is 11.5 Å². The van der Waals surface area contributed by atoms with Gasteiger partial charge in [0.15, 0.2) is 11.5 Å². The van der Waals surface area contributed by atoms with Gasteiger partial charge in [-0.3, -0.25) is 0 Å². The van der Waals surface area contributed by atoms with Crippen molar-refractivity contribution in [1.82, 2.24) is 9.88 Å². The SMILES string of the molecule is Cc1cc(CNC(=O)Nc2ccc3c(c2)OCO3)c(C)n1-c1ccc(Cl)cc1. The number of benzene rings is 2. The van der Waals surface area contributed by atoms with Crippen LogP contribution in [0, 0.1) is 13.8 Å². The van der Waals surface area contributed by atoms with Crippen molar-refractivity contribution in [3.63, 3.8) is 0 Å². The molecule has 3 aromatic rings. The summed E-state index contributed by atoms with van der Waals surface area (Å²) in [7, 11) is 0. The van der Waals surface area contributed by atoms with Crippen LogP contribution in [0.15, 0.2) is 48.5 Å². The van der Waals surface area contributed by atoms with Gasteiger partial charge in [0, 0.05) is 40.4 Å². The van der Waals surface area contributed by atoms with E-state index in [1.165, 1.54) is 0 Å². The zero-order chi connectivity index (χ0) is 19.7. The first kappa shape index (κ1) is 18.3. The molecular weight excluding hydrogens is 378 g/mol. The monoisotopic (exact) mass is 397 g/mol. The van der Waals surface area contributed by atoms with Gasteiger partial charge in [0.2, 0.25) is 6.79 Å². The third-order valence-corrected chi connectivity index (χ3v) is 4.94. The molecule has 28 heavy (non-hydrogen) atoms. The highest BCUT2D eigenvalue weighted by Gasteiger charge is 2.15. The lowest BCUT2D eigenvalue weighted by atomic mass is 10.2. The van der Waals surface area contributed by atoms with E-state index in [1.54, 1.807) is 18.2 Å². The van der Waals surface area contributed by atoms with E-state index >= 15 is 0 Å². The quantitative estimate of drug-likeness (QED) is 0.664. The summed E-state index contributed by atoms with van der Waals surface area (Å²) in [6.45, 7) is 4.70. The Bertz CT molecular complexity index is 1030. The van der Waals surface area contributed by atoms with Gasteiger partial charge in [-0.2, -0.15) is 0 Å². The van der Waals surface area contributed by atoms with Gasteiger partial charge in [0.25, 0.3) is 0 Å². The van der Waals surface area contributed by atoms with Crippen molar-refractivity contribution in [1.29, 1.82) is 0 Å². The fourth-order valence-corrected chi connectivity index (χ4v) is 3.45. The van der Waals surface area contributed by atoms with Crippen LogP contribution >= 0.6 is 11.6 Å². The van der Waals surface area contributed by atoms with E-state index in [-0.39, 0.29) is 12.8 Å². The van der Waals surface area contributed by atoms with E-state index in [4.69, 9.17) is 21.1 Å². The smallest absolute Gasteiger partial charge is 0.319 e. The lowest BCUT2D eigenvalue weighted by Gasteiger charge is -2.11. The maximum absolute atomic E-state index is 12.3. The van der Waals surface area contributed by atoms with Crippen molar-refractivity contribution in [2.45, 2.75) is 20.4 Å². The highest BCUT2D eigenvalue weighted by atomic mass is 35.5. The van der Waals surface area contributed by atoms with Crippen molar-refractivity contribution in [2.75, 3.05) is 12.1 Å². The summed E-state index contributed by atoms with van der Waals surface area (Å²) in [6.07, 6.45) is 0. The molecular formula is C21H20ClN3O3. The number of rotatable bonds is 4. The average Bonchev–Trinajstić information content (AvgIpc) is 3.25. The van der Waals surface area contributed by atoms with Crippen molar-refractivity contribution >= 4 is 23.3 Å². The lowest BCUT2D eigenvalue weighted by molar-refractivity contribution is 0.174. The van der Waals surface area contributed by atoms with Gasteiger partial charge in [-0.1, -0.05) is 11.6 Å². The van der Waals surface area contributed by atoms with Crippen LogP contribution in [-0.2, 0) is 6.54 Å². The molecule has 1 aliphatic heterocycles. The second-order valence-corrected chi connectivity index (χ2v) is 7.02. The van der Waals surface area contributed by atoms with E-state index in [2.05, 4.69) is 21.3 Å². The number of aromatic nitrogens is 1. The molecule has 0 fully saturated rings. The normalized spacial score (nSPS) is 12.1. The number of fused-ring (bicyclic) bond motifs is 1. The number of carbonyl (C=O) groups excluding carboxylic acids is 1. The van der Waals surface area contributed by atoms with Gasteiger partial charge in [-0.05, 0) is 61.9 Å². The van der Waals surface area contributed by atoms with Gasteiger partial charge in [-0.15, -0.1) is 0 Å². The van der Waals surface area contributed by atoms with Crippen LogP contribution in [-0.4, -0.2) is 17.4 Å². The lowest BCUT2D eigenvalue weighted by Crippen LogP contribution is -2.28. The zero-order valence-electron chi connectivity index (χ0n) is 15.6. The van der Waals surface area contributed by atoms with Crippen LogP contribution in [0.2, 0.25) is 5.02 Å². The Morgan fingerprint density at radius 2 is 1.82 bits per heavy atom. The van der Waals surface area contributed by atoms with Crippen molar-refractivity contribution in [3.8, 4) is 17.2 Å². The number of nitrogens with one attached hydrogen (secondary N) is 2. The Labute approximate surface area is 168 Å². The molecule has 0 radical (unpaired) electrons. The summed E-state index contributed by atoms with van der Waals surface area (Å²) in [4.78, 5) is 12.3. The van der Waals surface area contributed by atoms with Crippen molar-refractivity contribution in [3.05, 3.63) is 70.5 Å². The second kappa shape index (κ2) is 7.48. The summed E-state index contributed by atoms with van der Waals surface area (Å²) >= 11 is 5.99. The molecule has 0 atom stereocenters. The Morgan fingerprint density at radius 3 is 2.61 bits per heavy atom. The fraction of sp³-hybridized carbons (Fsp3) is 0.190. The molecule has 2 amide bonds. The number of nitrogens with zero attached hydrogens (tertiary/aromatic N) is 1. The molecule has 4 rings (SSSR count). The third-order valence-electron chi connectivity index (χ3n) is 4.69. The first-order chi connectivity index (χ1) is 13.5. The number of amides is 2. The number of hydrogen-bond donors (Lipinski definition) is 2. The highest BCUT2D eigenvalue weighted by molar-refractivity contribution is 6.30. The summed E-state index contributed by atoms with van der Waals surface area (Å²) in [5, 5.41) is 6.42. The molecule has 6 nitrogen and oxygen atoms in total. The third kappa shape index (κ3) is 3.64. The van der Waals surface area contributed by atoms with Gasteiger partial charge in [0.1, 0.15) is 0 Å². The number of urea groups is 1. The zero-order valence-corrected chi connectivity index (χ0v) is 16.3. The molecule has 1 aromatic heterocycles. The van der Waals surface area contributed by atoms with Gasteiger partial charge < -0.3 is 24.7 Å². The molecule has 1 aliphatic rings. The minimum atomic E-state index is -0.282. The molecule has 0 spiro atoms. The standard InChI is InChI=1S/C21H20ClN3O3/c1-13-9-15(14(2)25(13)18-6-3-16(22)4-7-18)11-23-21(26)24-17-5-8-19-20(10-17)28-12-27-19/h3-10H,11-12H2,1-2H3,(H2,23,24,26). The molecule has 2 N–H and O–H groups in total. The molecule has 0 saturated carbocycles. The minimum Gasteiger partial charge on any atom is -0.454 e. The summed E-state index contributed by atoms with van der Waals surface area (Å²) in [6, 6.07) is 14.8. The fourth-order valence-electron chi connectivity index (χ4n) is 3.32. The number of halogens is 1. The van der Waals surface area contributed by atoms with E-state index in [0.29, 0.717) is 28.8 Å². The van der Waals surface area contributed by atoms with E-state index < -0.39 is 0 Å². The van der Waals surface area contributed by atoms with Crippen molar-refractivity contribution in [2.24, 2.45) is 0 Å². The maximum atomic E-state index is 12.3. The second-order valence-electron chi connectivity index (χ2n) is 6.58. The average molecular weight is 398 g/mol. The maximum Gasteiger partial charge on any atom is 0.319 e. The number of carbonyl (C=O) groups is 1. The number of anilines is 1. The highest BCUT2D eigenvalue weighted by Crippen LogP contribution is 2.34. The molecule has 144 valence electrons. The molecule has 0 aliphatic carbocycles. The van der Waals surface area contributed by atoms with Crippen LogP contribution in [0.1, 0.15) is 17.0 Å². The molecule has 2 heterocycles. The number of aryl methyl sites for hydroxylation is 1. The van der Waals surface area contributed by atoms with Crippen LogP contribution in [0.4, 0.5) is 10.5 Å². The summed E-state index contributed by atoms with van der Waals surface area (Å²) in [5.41, 5.74) is 4.90. The van der Waals surface area contributed by atoms with E-state index in [0.717, 1.165) is 22.6 Å². The number of hydrogen-bond acceptors (Lipinski definition) is 3. The van der Waals surface area contributed by atoms with Crippen molar-refractivity contribution < 1.29 is 14.3 Å². The largest absolute Gasteiger partial charge is 0.454 e. The first-order valence-electron chi connectivity index (χ1n) is 8.89. The Hall–Kier alpha value is -3.12. The Balaban J connectivity index is 1.43. The predicted molar refractivity (Wildman–Crippen MR) is 109 cm³/mol. The molecule has 2 aromatic carbocycles. The Morgan fingerprint density at radius 1 is 1.07 bits per heavy atom. The van der Waals surface area contributed by atoms with Gasteiger partial charge in [-0.25, -0.2) is 4.79 Å². The molecule has 7 heteroatoms. The van der Waals surface area contributed by atoms with Crippen LogP contribution < -0.4 is 20.1 Å². The minimum absolute atomic E-state index is 0.203.